The number of ether oxygens (including phenoxy) is 3. The summed E-state index contributed by atoms with van der Waals surface area (Å²) < 4.78 is 15.5. The fourth-order valence-corrected chi connectivity index (χ4v) is 2.60. The summed E-state index contributed by atoms with van der Waals surface area (Å²) in [5.74, 6) is 0.0250. The minimum absolute atomic E-state index is 0.00677. The van der Waals surface area contributed by atoms with Crippen molar-refractivity contribution in [2.24, 2.45) is 5.92 Å². The summed E-state index contributed by atoms with van der Waals surface area (Å²) in [6, 6.07) is 9.64. The highest BCUT2D eigenvalue weighted by atomic mass is 16.6. The van der Waals surface area contributed by atoms with Gasteiger partial charge in [-0.3, -0.25) is 0 Å². The maximum absolute atomic E-state index is 12.1. The van der Waals surface area contributed by atoms with Crippen molar-refractivity contribution in [1.29, 1.82) is 0 Å². The number of benzene rings is 1. The molecule has 1 heterocycles. The van der Waals surface area contributed by atoms with Crippen molar-refractivity contribution in [3.8, 4) is 0 Å². The topological polar surface area (TPSA) is 65.1 Å². The Morgan fingerprint density at radius 2 is 1.83 bits per heavy atom. The number of likely N-dealkylation sites (tertiary alicyclic amines) is 1. The largest absolute Gasteiger partial charge is 0.464 e. The third-order valence-corrected chi connectivity index (χ3v) is 3.96. The number of rotatable bonds is 7. The van der Waals surface area contributed by atoms with Gasteiger partial charge in [0.15, 0.2) is 0 Å². The van der Waals surface area contributed by atoms with Crippen LogP contribution in [0.1, 0.15) is 25.3 Å². The van der Waals surface area contributed by atoms with Crippen molar-refractivity contribution >= 4 is 12.1 Å². The molecule has 0 aliphatic carbocycles. The van der Waals surface area contributed by atoms with Crippen molar-refractivity contribution in [2.75, 3.05) is 32.9 Å². The van der Waals surface area contributed by atoms with E-state index in [4.69, 9.17) is 14.2 Å². The number of carbonyl (C=O) groups excluding carboxylic acids is 2. The van der Waals surface area contributed by atoms with Gasteiger partial charge in [-0.1, -0.05) is 30.3 Å². The molecule has 1 aromatic rings. The van der Waals surface area contributed by atoms with E-state index in [2.05, 4.69) is 0 Å². The van der Waals surface area contributed by atoms with Crippen LogP contribution in [0.25, 0.3) is 0 Å². The zero-order valence-electron chi connectivity index (χ0n) is 14.1. The first-order chi connectivity index (χ1) is 11.7. The molecule has 0 aromatic heterocycles. The Kier molecular flexibility index (Phi) is 7.55. The minimum Gasteiger partial charge on any atom is -0.464 e. The molecule has 2 rings (SSSR count). The van der Waals surface area contributed by atoms with E-state index < -0.39 is 0 Å². The number of carbonyl (C=O) groups is 2. The number of nitrogens with zero attached hydrogens (tertiary/aromatic N) is 1. The Bertz CT molecular complexity index is 511. The van der Waals surface area contributed by atoms with Crippen molar-refractivity contribution in [2.45, 2.75) is 26.4 Å². The zero-order chi connectivity index (χ0) is 17.2. The lowest BCUT2D eigenvalue weighted by molar-refractivity contribution is -0.149. The highest BCUT2D eigenvalue weighted by molar-refractivity contribution is 5.70. The van der Waals surface area contributed by atoms with Crippen LogP contribution in [0.3, 0.4) is 0 Å². The summed E-state index contributed by atoms with van der Waals surface area (Å²) in [6.45, 7) is 4.25. The second-order valence-electron chi connectivity index (χ2n) is 5.79. The van der Waals surface area contributed by atoms with Gasteiger partial charge in [-0.2, -0.15) is 0 Å². The summed E-state index contributed by atoms with van der Waals surface area (Å²) in [4.78, 5) is 25.0. The lowest BCUT2D eigenvalue weighted by Gasteiger charge is -2.31. The first-order valence-electron chi connectivity index (χ1n) is 8.38. The molecule has 6 nitrogen and oxygen atoms in total. The van der Waals surface area contributed by atoms with Gasteiger partial charge < -0.3 is 19.1 Å². The highest BCUT2D eigenvalue weighted by Gasteiger charge is 2.24. The predicted octanol–water partition coefficient (Wildman–Crippen LogP) is 2.61. The third-order valence-electron chi connectivity index (χ3n) is 3.96. The highest BCUT2D eigenvalue weighted by Crippen LogP contribution is 2.18. The monoisotopic (exact) mass is 335 g/mol. The van der Waals surface area contributed by atoms with Crippen molar-refractivity contribution < 1.29 is 23.8 Å². The predicted molar refractivity (Wildman–Crippen MR) is 88.4 cm³/mol. The summed E-state index contributed by atoms with van der Waals surface area (Å²) >= 11 is 0. The molecule has 0 bridgehead atoms. The van der Waals surface area contributed by atoms with E-state index in [0.717, 1.165) is 18.4 Å². The fourth-order valence-electron chi connectivity index (χ4n) is 2.60. The van der Waals surface area contributed by atoms with Gasteiger partial charge in [0, 0.05) is 13.1 Å². The third kappa shape index (κ3) is 6.20. The molecule has 1 aromatic carbocycles. The van der Waals surface area contributed by atoms with E-state index in [-0.39, 0.29) is 18.7 Å². The number of hydrogen-bond acceptors (Lipinski definition) is 5. The summed E-state index contributed by atoms with van der Waals surface area (Å²) in [5, 5.41) is 0. The van der Waals surface area contributed by atoms with Gasteiger partial charge in [-0.15, -0.1) is 0 Å². The van der Waals surface area contributed by atoms with Crippen molar-refractivity contribution in [3.63, 3.8) is 0 Å². The van der Waals surface area contributed by atoms with Crippen molar-refractivity contribution in [1.82, 2.24) is 4.90 Å². The summed E-state index contributed by atoms with van der Waals surface area (Å²) in [7, 11) is 0. The lowest BCUT2D eigenvalue weighted by Crippen LogP contribution is -2.39. The quantitative estimate of drug-likeness (QED) is 0.717. The fraction of sp³-hybridized carbons (Fsp3) is 0.556. The molecule has 1 fully saturated rings. The molecule has 0 unspecified atom stereocenters. The number of esters is 1. The Labute approximate surface area is 142 Å². The van der Waals surface area contributed by atoms with Crippen LogP contribution in [-0.2, 0) is 25.6 Å². The molecule has 132 valence electrons. The van der Waals surface area contributed by atoms with Gasteiger partial charge in [-0.25, -0.2) is 9.59 Å². The molecule has 1 aliphatic heterocycles. The van der Waals surface area contributed by atoms with Gasteiger partial charge in [-0.05, 0) is 31.2 Å². The molecule has 0 radical (unpaired) electrons. The van der Waals surface area contributed by atoms with Crippen LogP contribution in [-0.4, -0.2) is 49.9 Å². The molecule has 1 saturated heterocycles. The molecule has 24 heavy (non-hydrogen) atoms. The summed E-state index contributed by atoms with van der Waals surface area (Å²) in [6.07, 6.45) is 1.43. The van der Waals surface area contributed by atoms with Crippen LogP contribution >= 0.6 is 0 Å². The second-order valence-corrected chi connectivity index (χ2v) is 5.79. The molecule has 0 atom stereocenters. The SMILES string of the molecule is CCOC(=O)COCC1CCN(C(=O)OCc2ccccc2)CC1. The number of piperidine rings is 1. The zero-order valence-corrected chi connectivity index (χ0v) is 14.1. The maximum Gasteiger partial charge on any atom is 0.410 e. The van der Waals surface area contributed by atoms with E-state index >= 15 is 0 Å². The standard InChI is InChI=1S/C18H25NO5/c1-2-23-17(20)14-22-12-16-8-10-19(11-9-16)18(21)24-13-15-6-4-3-5-7-15/h3-7,16H,2,8-14H2,1H3. The molecule has 1 amide bonds. The van der Waals surface area contributed by atoms with E-state index in [1.807, 2.05) is 30.3 Å². The van der Waals surface area contributed by atoms with E-state index in [9.17, 15) is 9.59 Å². The molecule has 6 heteroatoms. The molecule has 0 spiro atoms. The maximum atomic E-state index is 12.1. The van der Waals surface area contributed by atoms with Gasteiger partial charge in [0.25, 0.3) is 0 Å². The summed E-state index contributed by atoms with van der Waals surface area (Å²) in [5.41, 5.74) is 0.980. The number of hydrogen-bond donors (Lipinski definition) is 0. The Morgan fingerprint density at radius 3 is 2.50 bits per heavy atom. The molecule has 0 saturated carbocycles. The van der Waals surface area contributed by atoms with Crippen LogP contribution in [0.15, 0.2) is 30.3 Å². The van der Waals surface area contributed by atoms with Crippen LogP contribution < -0.4 is 0 Å². The first kappa shape index (κ1) is 18.3. The van der Waals surface area contributed by atoms with Gasteiger partial charge in [0.1, 0.15) is 13.2 Å². The van der Waals surface area contributed by atoms with Crippen LogP contribution in [0.5, 0.6) is 0 Å². The van der Waals surface area contributed by atoms with Gasteiger partial charge in [0.05, 0.1) is 13.2 Å². The Balaban J connectivity index is 1.61. The van der Waals surface area contributed by atoms with E-state index in [1.165, 1.54) is 0 Å². The smallest absolute Gasteiger partial charge is 0.410 e. The minimum atomic E-state index is -0.334. The van der Waals surface area contributed by atoms with Gasteiger partial charge >= 0.3 is 12.1 Å². The molecular weight excluding hydrogens is 310 g/mol. The van der Waals surface area contributed by atoms with Crippen LogP contribution in [0.2, 0.25) is 0 Å². The average Bonchev–Trinajstić information content (AvgIpc) is 2.61. The van der Waals surface area contributed by atoms with Crippen molar-refractivity contribution in [3.05, 3.63) is 35.9 Å². The second kappa shape index (κ2) is 9.93. The Hall–Kier alpha value is -2.08. The number of amides is 1. The van der Waals surface area contributed by atoms with Crippen LogP contribution in [0.4, 0.5) is 4.79 Å². The first-order valence-corrected chi connectivity index (χ1v) is 8.38. The molecular formula is C18H25NO5. The van der Waals surface area contributed by atoms with E-state index in [1.54, 1.807) is 11.8 Å². The Morgan fingerprint density at radius 1 is 1.12 bits per heavy atom. The molecule has 1 aliphatic rings. The van der Waals surface area contributed by atoms with Gasteiger partial charge in [0.2, 0.25) is 0 Å². The normalized spacial score (nSPS) is 15.1. The van der Waals surface area contributed by atoms with E-state index in [0.29, 0.717) is 38.8 Å². The lowest BCUT2D eigenvalue weighted by atomic mass is 9.98. The average molecular weight is 335 g/mol. The van der Waals surface area contributed by atoms with Crippen LogP contribution in [0, 0.1) is 5.92 Å². The molecule has 0 N–H and O–H groups in total.